The molecule has 0 bridgehead atoms. The van der Waals surface area contributed by atoms with E-state index in [1.165, 1.54) is 11.3 Å². The van der Waals surface area contributed by atoms with E-state index in [1.807, 2.05) is 23.6 Å². The van der Waals surface area contributed by atoms with E-state index in [-0.39, 0.29) is 5.78 Å². The van der Waals surface area contributed by atoms with Crippen LogP contribution in [0.1, 0.15) is 30.1 Å². The molecule has 2 N–H and O–H groups in total. The van der Waals surface area contributed by atoms with Crippen molar-refractivity contribution >= 4 is 54.8 Å². The molecule has 0 saturated carbocycles. The van der Waals surface area contributed by atoms with Crippen LogP contribution >= 0.6 is 43.2 Å². The van der Waals surface area contributed by atoms with Gasteiger partial charge in [0.1, 0.15) is 11.6 Å². The number of allylic oxidation sites excluding steroid dienone is 3. The molecular weight excluding hydrogens is 492 g/mol. The Labute approximate surface area is 177 Å². The summed E-state index contributed by atoms with van der Waals surface area (Å²) >= 11 is 8.37. The number of nitriles is 1. The van der Waals surface area contributed by atoms with Crippen molar-refractivity contribution in [3.8, 4) is 6.07 Å². The lowest BCUT2D eigenvalue weighted by Gasteiger charge is -2.38. The molecule has 0 spiro atoms. The second-order valence-electron chi connectivity index (χ2n) is 6.32. The van der Waals surface area contributed by atoms with Crippen molar-refractivity contribution in [1.82, 2.24) is 4.98 Å². The van der Waals surface area contributed by atoms with E-state index < -0.39 is 5.92 Å². The van der Waals surface area contributed by atoms with E-state index in [0.29, 0.717) is 29.2 Å². The molecule has 1 aliphatic heterocycles. The molecule has 0 radical (unpaired) electrons. The largest absolute Gasteiger partial charge is 0.384 e. The van der Waals surface area contributed by atoms with Gasteiger partial charge in [0.25, 0.3) is 0 Å². The fourth-order valence-electron chi connectivity index (χ4n) is 3.61. The van der Waals surface area contributed by atoms with Gasteiger partial charge in [0.05, 0.1) is 17.6 Å². The van der Waals surface area contributed by atoms with E-state index >= 15 is 0 Å². The number of aromatic nitrogens is 1. The first kappa shape index (κ1) is 18.4. The predicted octanol–water partition coefficient (Wildman–Crippen LogP) is 4.97. The molecule has 2 aromatic rings. The molecule has 1 aliphatic carbocycles. The molecule has 2 aliphatic rings. The molecule has 0 unspecified atom stereocenters. The molecule has 4 rings (SSSR count). The maximum Gasteiger partial charge on any atom is 0.161 e. The monoisotopic (exact) mass is 504 g/mol. The lowest BCUT2D eigenvalue weighted by atomic mass is 9.78. The van der Waals surface area contributed by atoms with Crippen molar-refractivity contribution in [2.45, 2.75) is 25.2 Å². The number of halogens is 2. The average molecular weight is 506 g/mol. The average Bonchev–Trinajstić information content (AvgIpc) is 3.08. The van der Waals surface area contributed by atoms with E-state index in [0.717, 1.165) is 32.4 Å². The molecule has 0 saturated heterocycles. The van der Waals surface area contributed by atoms with E-state index in [2.05, 4.69) is 42.9 Å². The minimum Gasteiger partial charge on any atom is -0.384 e. The van der Waals surface area contributed by atoms with Crippen LogP contribution in [0, 0.1) is 11.3 Å². The number of carbonyl (C=O) groups excluding carboxylic acids is 1. The predicted molar refractivity (Wildman–Crippen MR) is 112 cm³/mol. The fraction of sp³-hybridized carbons (Fsp3) is 0.211. The van der Waals surface area contributed by atoms with Gasteiger partial charge in [0, 0.05) is 43.1 Å². The number of pyridine rings is 1. The van der Waals surface area contributed by atoms with Gasteiger partial charge in [0.15, 0.2) is 5.78 Å². The zero-order valence-electron chi connectivity index (χ0n) is 14.1. The quantitative estimate of drug-likeness (QED) is 0.622. The minimum atomic E-state index is -0.416. The van der Waals surface area contributed by atoms with Crippen molar-refractivity contribution in [1.29, 1.82) is 5.26 Å². The molecular formula is C19H14Br2N4OS. The van der Waals surface area contributed by atoms with Crippen molar-refractivity contribution < 1.29 is 4.79 Å². The maximum atomic E-state index is 12.9. The Hall–Kier alpha value is -1.95. The highest BCUT2D eigenvalue weighted by Crippen LogP contribution is 2.47. The third kappa shape index (κ3) is 3.14. The Morgan fingerprint density at radius 2 is 2.11 bits per heavy atom. The summed E-state index contributed by atoms with van der Waals surface area (Å²) in [6.45, 7) is 0. The van der Waals surface area contributed by atoms with E-state index in [9.17, 15) is 10.1 Å². The van der Waals surface area contributed by atoms with Gasteiger partial charge in [-0.2, -0.15) is 5.26 Å². The zero-order valence-corrected chi connectivity index (χ0v) is 18.1. The number of anilines is 1. The molecule has 0 amide bonds. The van der Waals surface area contributed by atoms with Gasteiger partial charge < -0.3 is 5.73 Å². The van der Waals surface area contributed by atoms with Crippen LogP contribution in [-0.2, 0) is 4.79 Å². The Bertz CT molecular complexity index is 1030. The number of Topliss-reactive ketones (excluding diaryl/α,β-unsaturated/α-hetero) is 1. The lowest BCUT2D eigenvalue weighted by Crippen LogP contribution is -2.38. The van der Waals surface area contributed by atoms with Gasteiger partial charge in [-0.1, -0.05) is 0 Å². The second-order valence-corrected chi connectivity index (χ2v) is 9.09. The summed E-state index contributed by atoms with van der Waals surface area (Å²) in [5, 5.41) is 11.9. The summed E-state index contributed by atoms with van der Waals surface area (Å²) in [7, 11) is 0. The Morgan fingerprint density at radius 1 is 1.30 bits per heavy atom. The minimum absolute atomic E-state index is 0.0770. The normalized spacial score (nSPS) is 20.0. The van der Waals surface area contributed by atoms with Crippen LogP contribution in [0.4, 0.5) is 5.82 Å². The molecule has 2 aromatic heterocycles. The summed E-state index contributed by atoms with van der Waals surface area (Å²) < 4.78 is 1.78. The smallest absolute Gasteiger partial charge is 0.161 e. The van der Waals surface area contributed by atoms with E-state index in [4.69, 9.17) is 5.73 Å². The number of ketones is 1. The zero-order chi connectivity index (χ0) is 19.1. The Balaban J connectivity index is 1.96. The molecule has 136 valence electrons. The third-order valence-corrected chi connectivity index (χ3v) is 6.95. The highest BCUT2D eigenvalue weighted by molar-refractivity contribution is 9.10. The lowest BCUT2D eigenvalue weighted by molar-refractivity contribution is -0.116. The number of carbonyl (C=O) groups is 1. The van der Waals surface area contributed by atoms with Crippen molar-refractivity contribution in [3.63, 3.8) is 0 Å². The van der Waals surface area contributed by atoms with E-state index in [1.54, 1.807) is 11.1 Å². The van der Waals surface area contributed by atoms with Crippen LogP contribution in [0.2, 0.25) is 0 Å². The summed E-state index contributed by atoms with van der Waals surface area (Å²) in [5.41, 5.74) is 8.39. The van der Waals surface area contributed by atoms with Gasteiger partial charge in [-0.3, -0.25) is 9.69 Å². The van der Waals surface area contributed by atoms with Crippen LogP contribution in [0.5, 0.6) is 0 Å². The number of thiophene rings is 1. The highest BCUT2D eigenvalue weighted by Gasteiger charge is 2.41. The summed E-state index contributed by atoms with van der Waals surface area (Å²) in [5.74, 6) is 0.612. The molecule has 1 atom stereocenters. The Morgan fingerprint density at radius 3 is 2.74 bits per heavy atom. The SMILES string of the molecule is N#CC1=C(N)N(c2ccc(Br)cn2)C2=C(C(=O)CCC2)[C@@H]1c1cc(Br)cs1. The van der Waals surface area contributed by atoms with Gasteiger partial charge in [-0.25, -0.2) is 4.98 Å². The summed E-state index contributed by atoms with van der Waals surface area (Å²) in [6.07, 6.45) is 3.66. The number of hydrogen-bond acceptors (Lipinski definition) is 6. The number of rotatable bonds is 2. The van der Waals surface area contributed by atoms with Gasteiger partial charge >= 0.3 is 0 Å². The third-order valence-electron chi connectivity index (χ3n) is 4.73. The molecule has 3 heterocycles. The van der Waals surface area contributed by atoms with Crippen molar-refractivity contribution in [3.05, 3.63) is 66.3 Å². The van der Waals surface area contributed by atoms with Crippen LogP contribution in [0.15, 0.2) is 61.4 Å². The van der Waals surface area contributed by atoms with Crippen molar-refractivity contribution in [2.24, 2.45) is 5.73 Å². The molecule has 0 fully saturated rings. The number of nitrogens with two attached hydrogens (primary N) is 1. The van der Waals surface area contributed by atoms with Crippen LogP contribution in [-0.4, -0.2) is 10.8 Å². The van der Waals surface area contributed by atoms with Crippen LogP contribution in [0.3, 0.4) is 0 Å². The first-order valence-electron chi connectivity index (χ1n) is 8.33. The number of hydrogen-bond donors (Lipinski definition) is 1. The molecule has 27 heavy (non-hydrogen) atoms. The Kier molecular flexibility index (Phi) is 4.93. The standard InChI is InChI=1S/C19H14Br2N4OS/c20-10-4-5-16(24-8-10)25-13-2-1-3-14(26)18(13)17(12(7-22)19(25)23)15-6-11(21)9-27-15/h4-6,8-9,17H,1-3,23H2/t17-/m0/s1. The van der Waals surface area contributed by atoms with Crippen LogP contribution in [0.25, 0.3) is 0 Å². The van der Waals surface area contributed by atoms with Crippen molar-refractivity contribution in [2.75, 3.05) is 4.90 Å². The second kappa shape index (κ2) is 7.23. The molecule has 8 heteroatoms. The molecule has 0 aromatic carbocycles. The first-order valence-corrected chi connectivity index (χ1v) is 10.8. The molecule has 5 nitrogen and oxygen atoms in total. The fourth-order valence-corrected chi connectivity index (χ4v) is 5.41. The first-order chi connectivity index (χ1) is 13.0. The maximum absolute atomic E-state index is 12.9. The summed E-state index contributed by atoms with van der Waals surface area (Å²) in [4.78, 5) is 20.1. The van der Waals surface area contributed by atoms with Gasteiger partial charge in [0.2, 0.25) is 0 Å². The van der Waals surface area contributed by atoms with Gasteiger partial charge in [-0.05, 0) is 62.9 Å². The number of nitrogens with zero attached hydrogens (tertiary/aromatic N) is 3. The summed E-state index contributed by atoms with van der Waals surface area (Å²) in [6, 6.07) is 7.92. The van der Waals surface area contributed by atoms with Crippen LogP contribution < -0.4 is 10.6 Å². The topological polar surface area (TPSA) is 83.0 Å². The van der Waals surface area contributed by atoms with Gasteiger partial charge in [-0.15, -0.1) is 11.3 Å². The highest BCUT2D eigenvalue weighted by atomic mass is 79.9.